The molecule has 5 heteroatoms. The maximum absolute atomic E-state index is 12.2. The van der Waals surface area contributed by atoms with Crippen LogP contribution in [0.4, 0.5) is 0 Å². The first-order chi connectivity index (χ1) is 8.52. The van der Waals surface area contributed by atoms with Crippen LogP contribution in [0.25, 0.3) is 11.1 Å². The molecule has 2 aromatic rings. The van der Waals surface area contributed by atoms with Crippen molar-refractivity contribution >= 4 is 16.9 Å². The summed E-state index contributed by atoms with van der Waals surface area (Å²) in [4.78, 5) is 25.7. The van der Waals surface area contributed by atoms with Crippen molar-refractivity contribution in [3.63, 3.8) is 0 Å². The van der Waals surface area contributed by atoms with E-state index >= 15 is 0 Å². The Morgan fingerprint density at radius 3 is 2.78 bits per heavy atom. The number of carbonyl (C=O) groups excluding carboxylic acids is 1. The highest BCUT2D eigenvalue weighted by atomic mass is 16.4. The molecule has 1 atom stereocenters. The summed E-state index contributed by atoms with van der Waals surface area (Å²) in [5, 5.41) is 9.25. The van der Waals surface area contributed by atoms with Crippen LogP contribution in [0.2, 0.25) is 0 Å². The summed E-state index contributed by atoms with van der Waals surface area (Å²) >= 11 is 0. The Labute approximate surface area is 103 Å². The molecule has 2 rings (SSSR count). The fourth-order valence-electron chi connectivity index (χ4n) is 1.91. The molecule has 0 spiro atoms. The van der Waals surface area contributed by atoms with Crippen LogP contribution in [0, 0.1) is 11.8 Å². The molecular formula is C13H15NO4. The second kappa shape index (κ2) is 4.78. The number of oxazole rings is 1. The van der Waals surface area contributed by atoms with Crippen molar-refractivity contribution in [2.24, 2.45) is 11.8 Å². The van der Waals surface area contributed by atoms with Gasteiger partial charge in [0.05, 0.1) is 12.1 Å². The Morgan fingerprint density at radius 1 is 1.44 bits per heavy atom. The Hall–Kier alpha value is -1.88. The minimum absolute atomic E-state index is 0.0522. The Bertz CT molecular complexity index is 623. The lowest BCUT2D eigenvalue weighted by atomic mass is 9.88. The second-order valence-electron chi connectivity index (χ2n) is 4.62. The van der Waals surface area contributed by atoms with Crippen molar-refractivity contribution in [2.45, 2.75) is 13.8 Å². The molecule has 5 nitrogen and oxygen atoms in total. The van der Waals surface area contributed by atoms with Gasteiger partial charge >= 0.3 is 5.76 Å². The van der Waals surface area contributed by atoms with Crippen molar-refractivity contribution in [3.05, 3.63) is 34.3 Å². The van der Waals surface area contributed by atoms with Crippen molar-refractivity contribution in [1.82, 2.24) is 4.98 Å². The summed E-state index contributed by atoms with van der Waals surface area (Å²) in [6, 6.07) is 4.78. The number of hydrogen-bond acceptors (Lipinski definition) is 4. The Balaban J connectivity index is 2.41. The van der Waals surface area contributed by atoms with Crippen LogP contribution in [-0.4, -0.2) is 22.5 Å². The largest absolute Gasteiger partial charge is 0.417 e. The van der Waals surface area contributed by atoms with Crippen LogP contribution in [-0.2, 0) is 0 Å². The van der Waals surface area contributed by atoms with Gasteiger partial charge in [0.2, 0.25) is 0 Å². The number of nitrogens with one attached hydrogen (secondary N) is 1. The number of ketones is 1. The normalized spacial score (nSPS) is 13.1. The van der Waals surface area contributed by atoms with Gasteiger partial charge in [-0.25, -0.2) is 4.79 Å². The summed E-state index contributed by atoms with van der Waals surface area (Å²) in [5.41, 5.74) is 1.35. The molecule has 0 fully saturated rings. The van der Waals surface area contributed by atoms with E-state index in [0.29, 0.717) is 16.7 Å². The average Bonchev–Trinajstić information content (AvgIpc) is 2.68. The Kier molecular flexibility index (Phi) is 3.34. The smallest absolute Gasteiger partial charge is 0.408 e. The first kappa shape index (κ1) is 12.6. The van der Waals surface area contributed by atoms with Crippen LogP contribution >= 0.6 is 0 Å². The second-order valence-corrected chi connectivity index (χ2v) is 4.62. The number of aliphatic hydroxyl groups is 1. The lowest BCUT2D eigenvalue weighted by Gasteiger charge is -2.16. The van der Waals surface area contributed by atoms with Gasteiger partial charge in [-0.05, 0) is 24.1 Å². The van der Waals surface area contributed by atoms with Gasteiger partial charge in [0, 0.05) is 11.5 Å². The number of benzene rings is 1. The first-order valence-corrected chi connectivity index (χ1v) is 5.81. The van der Waals surface area contributed by atoms with Gasteiger partial charge in [-0.2, -0.15) is 0 Å². The van der Waals surface area contributed by atoms with Gasteiger partial charge in [-0.1, -0.05) is 13.8 Å². The van der Waals surface area contributed by atoms with Gasteiger partial charge in [0.1, 0.15) is 0 Å². The number of rotatable bonds is 4. The highest BCUT2D eigenvalue weighted by Gasteiger charge is 2.23. The molecule has 0 saturated heterocycles. The van der Waals surface area contributed by atoms with Gasteiger partial charge in [-0.3, -0.25) is 9.78 Å². The van der Waals surface area contributed by atoms with E-state index in [9.17, 15) is 14.7 Å². The van der Waals surface area contributed by atoms with Crippen molar-refractivity contribution in [1.29, 1.82) is 0 Å². The van der Waals surface area contributed by atoms with Gasteiger partial charge in [0.15, 0.2) is 11.4 Å². The fraction of sp³-hybridized carbons (Fsp3) is 0.385. The van der Waals surface area contributed by atoms with Crippen molar-refractivity contribution in [2.75, 3.05) is 6.61 Å². The standard InChI is InChI=1S/C13H15NO4/c1-7(2)9(6-15)12(16)8-3-4-10-11(5-8)18-13(17)14-10/h3-5,7,9,15H,6H2,1-2H3,(H,14,17). The van der Waals surface area contributed by atoms with E-state index in [-0.39, 0.29) is 18.3 Å². The van der Waals surface area contributed by atoms with Crippen LogP contribution in [0.5, 0.6) is 0 Å². The highest BCUT2D eigenvalue weighted by molar-refractivity contribution is 6.00. The van der Waals surface area contributed by atoms with E-state index in [1.54, 1.807) is 12.1 Å². The summed E-state index contributed by atoms with van der Waals surface area (Å²) in [5.74, 6) is -1.07. The predicted octanol–water partition coefficient (Wildman–Crippen LogP) is 1.57. The van der Waals surface area contributed by atoms with Gasteiger partial charge in [-0.15, -0.1) is 0 Å². The molecule has 0 aliphatic carbocycles. The lowest BCUT2D eigenvalue weighted by molar-refractivity contribution is 0.0807. The topological polar surface area (TPSA) is 83.3 Å². The molecule has 0 bridgehead atoms. The monoisotopic (exact) mass is 249 g/mol. The number of fused-ring (bicyclic) bond motifs is 1. The van der Waals surface area contributed by atoms with Gasteiger partial charge < -0.3 is 9.52 Å². The molecule has 18 heavy (non-hydrogen) atoms. The third-order valence-corrected chi connectivity index (χ3v) is 3.04. The predicted molar refractivity (Wildman–Crippen MR) is 66.6 cm³/mol. The number of aliphatic hydroxyl groups excluding tert-OH is 1. The van der Waals surface area contributed by atoms with Crippen LogP contribution < -0.4 is 5.76 Å². The van der Waals surface area contributed by atoms with E-state index in [4.69, 9.17) is 4.42 Å². The maximum atomic E-state index is 12.2. The quantitative estimate of drug-likeness (QED) is 0.805. The van der Waals surface area contributed by atoms with E-state index < -0.39 is 11.7 Å². The zero-order chi connectivity index (χ0) is 13.3. The van der Waals surface area contributed by atoms with Crippen LogP contribution in [0.15, 0.2) is 27.4 Å². The summed E-state index contributed by atoms with van der Waals surface area (Å²) < 4.78 is 4.91. The van der Waals surface area contributed by atoms with E-state index in [1.165, 1.54) is 6.07 Å². The molecule has 1 heterocycles. The molecule has 0 aliphatic rings. The number of carbonyl (C=O) groups is 1. The van der Waals surface area contributed by atoms with Crippen LogP contribution in [0.3, 0.4) is 0 Å². The molecule has 1 aromatic heterocycles. The zero-order valence-corrected chi connectivity index (χ0v) is 10.3. The minimum Gasteiger partial charge on any atom is -0.408 e. The molecule has 96 valence electrons. The summed E-state index contributed by atoms with van der Waals surface area (Å²) in [6.07, 6.45) is 0. The average molecular weight is 249 g/mol. The highest BCUT2D eigenvalue weighted by Crippen LogP contribution is 2.19. The molecule has 0 radical (unpaired) electrons. The maximum Gasteiger partial charge on any atom is 0.417 e. The number of hydrogen-bond donors (Lipinski definition) is 2. The minimum atomic E-state index is -0.544. The van der Waals surface area contributed by atoms with Crippen LogP contribution in [0.1, 0.15) is 24.2 Å². The first-order valence-electron chi connectivity index (χ1n) is 5.81. The number of aromatic amines is 1. The van der Waals surface area contributed by atoms with Crippen molar-refractivity contribution in [3.8, 4) is 0 Å². The van der Waals surface area contributed by atoms with Gasteiger partial charge in [0.25, 0.3) is 0 Å². The Morgan fingerprint density at radius 2 is 2.17 bits per heavy atom. The molecule has 2 N–H and O–H groups in total. The molecule has 0 saturated carbocycles. The fourth-order valence-corrected chi connectivity index (χ4v) is 1.91. The third-order valence-electron chi connectivity index (χ3n) is 3.04. The molecular weight excluding hydrogens is 234 g/mol. The van der Waals surface area contributed by atoms with E-state index in [2.05, 4.69) is 4.98 Å². The molecule has 1 aromatic carbocycles. The lowest BCUT2D eigenvalue weighted by Crippen LogP contribution is -2.24. The summed E-state index contributed by atoms with van der Waals surface area (Å²) in [7, 11) is 0. The zero-order valence-electron chi connectivity index (χ0n) is 10.3. The number of H-pyrrole nitrogens is 1. The molecule has 1 unspecified atom stereocenters. The summed E-state index contributed by atoms with van der Waals surface area (Å²) in [6.45, 7) is 3.58. The van der Waals surface area contributed by atoms with E-state index in [1.807, 2.05) is 13.8 Å². The van der Waals surface area contributed by atoms with Crippen molar-refractivity contribution < 1.29 is 14.3 Å². The number of aromatic nitrogens is 1. The molecule has 0 aliphatic heterocycles. The van der Waals surface area contributed by atoms with E-state index in [0.717, 1.165) is 0 Å². The molecule has 0 amide bonds. The third kappa shape index (κ3) is 2.22. The number of Topliss-reactive ketones (excluding diaryl/α,β-unsaturated/α-hetero) is 1. The SMILES string of the molecule is CC(C)C(CO)C(=O)c1ccc2[nH]c(=O)oc2c1.